The lowest BCUT2D eigenvalue weighted by atomic mass is 9.43. The van der Waals surface area contributed by atoms with Crippen LogP contribution in [-0.2, 0) is 19.1 Å². The summed E-state index contributed by atoms with van der Waals surface area (Å²) in [5, 5.41) is 16.7. The Morgan fingerprint density at radius 1 is 1.32 bits per heavy atom. The van der Waals surface area contributed by atoms with Crippen molar-refractivity contribution in [2.75, 3.05) is 33.5 Å². The fourth-order valence-corrected chi connectivity index (χ4v) is 5.85. The van der Waals surface area contributed by atoms with Crippen molar-refractivity contribution >= 4 is 40.2 Å². The molecule has 4 rings (SSSR count). The van der Waals surface area contributed by atoms with Gasteiger partial charge in [-0.25, -0.2) is 0 Å². The third kappa shape index (κ3) is 5.78. The second-order valence-corrected chi connectivity index (χ2v) is 10.6. The molecule has 1 heterocycles. The second kappa shape index (κ2) is 11.6. The number of hydrogen-bond donors (Lipinski definition) is 4. The number of halogens is 1. The van der Waals surface area contributed by atoms with Gasteiger partial charge in [0.25, 0.3) is 5.91 Å². The van der Waals surface area contributed by atoms with Crippen LogP contribution in [0.1, 0.15) is 33.6 Å². The van der Waals surface area contributed by atoms with Crippen LogP contribution in [0.5, 0.6) is 0 Å². The zero-order valence-corrected chi connectivity index (χ0v) is 21.9. The minimum Gasteiger partial charge on any atom is -0.377 e. The van der Waals surface area contributed by atoms with Crippen LogP contribution in [0.2, 0.25) is 0 Å². The Bertz CT molecular complexity index is 885. The van der Waals surface area contributed by atoms with Gasteiger partial charge in [-0.05, 0) is 63.6 Å². The Morgan fingerprint density at radius 3 is 2.71 bits per heavy atom. The highest BCUT2D eigenvalue weighted by molar-refractivity contribution is 9.12. The summed E-state index contributed by atoms with van der Waals surface area (Å²) >= 11 is 3.32. The number of allylic oxidation sites excluding steroid dienone is 2. The Balaban J connectivity index is 1.60. The van der Waals surface area contributed by atoms with Crippen molar-refractivity contribution in [2.45, 2.75) is 45.8 Å². The molecule has 3 fully saturated rings. The maximum absolute atomic E-state index is 12.7. The van der Waals surface area contributed by atoms with Gasteiger partial charge in [0.2, 0.25) is 5.91 Å². The number of amides is 2. The number of dihydropyridines is 1. The summed E-state index contributed by atoms with van der Waals surface area (Å²) in [6, 6.07) is -0.0699. The molecule has 3 aliphatic carbocycles. The largest absolute Gasteiger partial charge is 0.377 e. The van der Waals surface area contributed by atoms with Gasteiger partial charge in [-0.1, -0.05) is 20.8 Å². The Labute approximate surface area is 209 Å². The predicted octanol–water partition coefficient (Wildman–Crippen LogP) is 2.14. The quantitative estimate of drug-likeness (QED) is 0.182. The van der Waals surface area contributed by atoms with Gasteiger partial charge in [0.05, 0.1) is 24.4 Å². The molecule has 0 aromatic carbocycles. The molecule has 1 aliphatic heterocycles. The van der Waals surface area contributed by atoms with E-state index in [0.717, 1.165) is 31.2 Å². The Kier molecular flexibility index (Phi) is 9.06. The molecule has 0 aromatic heterocycles. The number of carbonyl (C=O) groups excluding carboxylic acids is 2. The van der Waals surface area contributed by atoms with Crippen LogP contribution in [0, 0.1) is 28.6 Å². The molecule has 0 spiro atoms. The van der Waals surface area contributed by atoms with E-state index >= 15 is 0 Å². The highest BCUT2D eigenvalue weighted by Gasteiger charge is 2.61. The highest BCUT2D eigenvalue weighted by atomic mass is 79.9. The van der Waals surface area contributed by atoms with Crippen molar-refractivity contribution in [3.63, 3.8) is 0 Å². The van der Waals surface area contributed by atoms with Crippen LogP contribution < -0.4 is 16.0 Å². The van der Waals surface area contributed by atoms with Crippen molar-refractivity contribution in [1.82, 2.24) is 16.0 Å². The third-order valence-electron chi connectivity index (χ3n) is 7.55. The van der Waals surface area contributed by atoms with E-state index in [0.29, 0.717) is 24.1 Å². The van der Waals surface area contributed by atoms with E-state index in [4.69, 9.17) is 14.9 Å². The lowest BCUT2D eigenvalue weighted by Crippen LogP contribution is -2.68. The number of rotatable bonds is 11. The second-order valence-electron chi connectivity index (χ2n) is 9.80. The van der Waals surface area contributed by atoms with Crippen LogP contribution in [0.15, 0.2) is 26.8 Å². The molecule has 9 nitrogen and oxygen atoms in total. The summed E-state index contributed by atoms with van der Waals surface area (Å²) < 4.78 is 11.4. The summed E-state index contributed by atoms with van der Waals surface area (Å²) in [5.74, 6) is 0.442. The van der Waals surface area contributed by atoms with Gasteiger partial charge in [0.15, 0.2) is 0 Å². The molecule has 0 saturated heterocycles. The first-order valence-electron chi connectivity index (χ1n) is 11.7. The summed E-state index contributed by atoms with van der Waals surface area (Å²) in [6.07, 6.45) is 6.57. The van der Waals surface area contributed by atoms with E-state index in [1.54, 1.807) is 13.3 Å². The van der Waals surface area contributed by atoms with Crippen molar-refractivity contribution in [1.29, 1.82) is 5.41 Å². The molecule has 2 amide bonds. The molecule has 5 unspecified atom stereocenters. The first kappa shape index (κ1) is 26.6. The van der Waals surface area contributed by atoms with Gasteiger partial charge in [0.1, 0.15) is 11.3 Å². The number of fused-ring (bicyclic) bond motifs is 2. The topological polar surface area (TPSA) is 125 Å². The van der Waals surface area contributed by atoms with E-state index in [1.165, 1.54) is 0 Å². The number of nitrogens with zero attached hydrogens (tertiary/aromatic N) is 1. The van der Waals surface area contributed by atoms with Gasteiger partial charge in [0, 0.05) is 32.6 Å². The first-order valence-corrected chi connectivity index (χ1v) is 12.5. The van der Waals surface area contributed by atoms with Crippen LogP contribution in [0.3, 0.4) is 0 Å². The summed E-state index contributed by atoms with van der Waals surface area (Å²) in [4.78, 5) is 29.0. The van der Waals surface area contributed by atoms with Crippen molar-refractivity contribution in [3.05, 3.63) is 21.8 Å². The van der Waals surface area contributed by atoms with E-state index in [2.05, 4.69) is 57.6 Å². The minimum atomic E-state index is -0.464. The van der Waals surface area contributed by atoms with Crippen LogP contribution in [0.25, 0.3) is 0 Å². The van der Waals surface area contributed by atoms with E-state index in [-0.39, 0.29) is 47.2 Å². The van der Waals surface area contributed by atoms with Gasteiger partial charge < -0.3 is 30.8 Å². The number of methoxy groups -OCH3 is 1. The van der Waals surface area contributed by atoms with Crippen LogP contribution in [0.4, 0.5) is 0 Å². The molecule has 188 valence electrons. The fraction of sp³-hybridized carbons (Fsp3) is 0.667. The molecule has 3 saturated carbocycles. The van der Waals surface area contributed by atoms with Gasteiger partial charge >= 0.3 is 0 Å². The van der Waals surface area contributed by atoms with Gasteiger partial charge in [-0.2, -0.15) is 0 Å². The van der Waals surface area contributed by atoms with E-state index in [9.17, 15) is 9.59 Å². The van der Waals surface area contributed by atoms with Crippen LogP contribution in [-0.4, -0.2) is 69.9 Å². The zero-order chi connectivity index (χ0) is 24.9. The number of hydrogen-bond acceptors (Lipinski definition) is 7. The maximum atomic E-state index is 12.7. The molecule has 2 bridgehead atoms. The number of ether oxygens (including phenoxy) is 2. The van der Waals surface area contributed by atoms with Crippen molar-refractivity contribution in [3.8, 4) is 0 Å². The molecule has 10 heteroatoms. The standard InChI is InChI=1S/C24H36BrN5O4/c1-14-16-9-17(24(16,2)3)22(34-13-33-4)21(14)30-18(10-26)20(25)23(32)29-12-19(31)28-11-15-5-7-27-8-6-15/h5,7,10,14,16-17,21-22,26,30H,6,8-9,11-13H2,1-4H3,(H,28,31)(H,29,32)/b20-18-,26-10?. The third-order valence-corrected chi connectivity index (χ3v) is 8.34. The van der Waals surface area contributed by atoms with E-state index in [1.807, 2.05) is 6.08 Å². The number of carbonyl (C=O) groups is 2. The fourth-order valence-electron chi connectivity index (χ4n) is 5.48. The van der Waals surface area contributed by atoms with Crippen molar-refractivity contribution < 1.29 is 19.1 Å². The predicted molar refractivity (Wildman–Crippen MR) is 135 cm³/mol. The highest BCUT2D eigenvalue weighted by Crippen LogP contribution is 2.62. The molecular weight excluding hydrogens is 502 g/mol. The lowest BCUT2D eigenvalue weighted by Gasteiger charge is -2.65. The average Bonchev–Trinajstić information content (AvgIpc) is 2.83. The minimum absolute atomic E-state index is 0.0699. The maximum Gasteiger partial charge on any atom is 0.260 e. The lowest BCUT2D eigenvalue weighted by molar-refractivity contribution is -0.222. The average molecular weight is 538 g/mol. The molecule has 0 aromatic rings. The zero-order valence-electron chi connectivity index (χ0n) is 20.3. The van der Waals surface area contributed by atoms with Gasteiger partial charge in [-0.15, -0.1) is 0 Å². The number of nitrogens with one attached hydrogen (secondary N) is 4. The Morgan fingerprint density at radius 2 is 2.09 bits per heavy atom. The summed E-state index contributed by atoms with van der Waals surface area (Å²) in [5.41, 5.74) is 1.62. The normalized spacial score (nSPS) is 29.8. The first-order chi connectivity index (χ1) is 16.2. The molecule has 4 N–H and O–H groups in total. The smallest absolute Gasteiger partial charge is 0.260 e. The summed E-state index contributed by atoms with van der Waals surface area (Å²) in [7, 11) is 1.60. The van der Waals surface area contributed by atoms with Gasteiger partial charge in [-0.3, -0.25) is 14.6 Å². The van der Waals surface area contributed by atoms with Crippen LogP contribution >= 0.6 is 15.9 Å². The molecule has 4 aliphatic rings. The van der Waals surface area contributed by atoms with Crippen molar-refractivity contribution in [2.24, 2.45) is 28.2 Å². The molecule has 5 atom stereocenters. The Hall–Kier alpha value is -2.04. The molecule has 34 heavy (non-hydrogen) atoms. The number of aliphatic imine (C=N–C) groups is 1. The van der Waals surface area contributed by atoms with E-state index < -0.39 is 5.91 Å². The molecular formula is C24H36BrN5O4. The monoisotopic (exact) mass is 537 g/mol. The SMILES string of the molecule is COCOC1C(N/C(C=N)=C(\Br)C(=O)NCC(=O)NCC2=CC=NCC2)C(C)C2CC1C2(C)C. The molecule has 0 radical (unpaired) electrons. The summed E-state index contributed by atoms with van der Waals surface area (Å²) in [6.45, 7) is 7.95.